The summed E-state index contributed by atoms with van der Waals surface area (Å²) in [6.07, 6.45) is 17.3. The Labute approximate surface area is 236 Å². The molecule has 194 valence electrons. The van der Waals surface area contributed by atoms with Gasteiger partial charge in [-0.05, 0) is 124 Å². The molecule has 1 unspecified atom stereocenters. The van der Waals surface area contributed by atoms with Crippen LogP contribution in [0.1, 0.15) is 35.1 Å². The molecule has 5 aromatic rings. The van der Waals surface area contributed by atoms with Crippen LogP contribution in [0, 0.1) is 0 Å². The molecule has 1 aliphatic heterocycles. The molecule has 0 bridgehead atoms. The van der Waals surface area contributed by atoms with E-state index in [0.29, 0.717) is 0 Å². The molecule has 0 radical (unpaired) electrons. The van der Waals surface area contributed by atoms with Gasteiger partial charge in [0.25, 0.3) is 0 Å². The molecule has 3 aromatic carbocycles. The van der Waals surface area contributed by atoms with E-state index in [0.717, 1.165) is 41.5 Å². The largest absolute Gasteiger partial charge is 0.392 e. The van der Waals surface area contributed by atoms with Crippen LogP contribution in [0.2, 0.25) is 0 Å². The Hall–Kier alpha value is -4.17. The molecule has 0 fully saturated rings. The van der Waals surface area contributed by atoms with Crippen molar-refractivity contribution in [3.05, 3.63) is 144 Å². The Balaban J connectivity index is 1.54. The van der Waals surface area contributed by atoms with Gasteiger partial charge in [-0.1, -0.05) is 66.8 Å². The molecule has 1 N–H and O–H groups in total. The monoisotopic (exact) mass is 536 g/mol. The van der Waals surface area contributed by atoms with Gasteiger partial charge in [0.2, 0.25) is 0 Å². The SMILES string of the molecule is OCc1c(-c2ccncc2)cc(-c2ccncc2)c2c1P(c1ccccc1)c1ccc(C3=CCCC=C3)cc1C2. The Kier molecular flexibility index (Phi) is 6.69. The fourth-order valence-corrected chi connectivity index (χ4v) is 8.88. The molecule has 3 heterocycles. The lowest BCUT2D eigenvalue weighted by molar-refractivity contribution is 0.283. The number of hydrogen-bond donors (Lipinski definition) is 1. The van der Waals surface area contributed by atoms with Crippen LogP contribution in [0.5, 0.6) is 0 Å². The molecule has 3 nitrogen and oxygen atoms in total. The minimum Gasteiger partial charge on any atom is -0.392 e. The van der Waals surface area contributed by atoms with Gasteiger partial charge in [-0.3, -0.25) is 9.97 Å². The van der Waals surface area contributed by atoms with E-state index < -0.39 is 7.92 Å². The number of nitrogens with zero attached hydrogens (tertiary/aromatic N) is 2. The van der Waals surface area contributed by atoms with Gasteiger partial charge in [0.1, 0.15) is 0 Å². The number of fused-ring (bicyclic) bond motifs is 2. The molecule has 40 heavy (non-hydrogen) atoms. The lowest BCUT2D eigenvalue weighted by Gasteiger charge is -2.34. The van der Waals surface area contributed by atoms with E-state index >= 15 is 0 Å². The third kappa shape index (κ3) is 4.42. The standard InChI is InChI=1S/C36H29N2OP/c39-24-34-32(27-15-19-38-20-16-27)23-31(26-13-17-37-18-14-26)33-22-29-21-28(25-7-3-1-4-8-25)11-12-35(29)40(36(33)34)30-9-5-2-6-10-30/h2-3,5-21,23,39H,1,4,22,24H2. The minimum absolute atomic E-state index is 0.0205. The number of pyridine rings is 2. The lowest BCUT2D eigenvalue weighted by atomic mass is 9.87. The van der Waals surface area contributed by atoms with Crippen LogP contribution in [0.15, 0.2) is 122 Å². The maximum Gasteiger partial charge on any atom is 0.0694 e. The van der Waals surface area contributed by atoms with E-state index in [4.69, 9.17) is 0 Å². The third-order valence-corrected chi connectivity index (χ3v) is 10.6. The number of rotatable bonds is 5. The van der Waals surface area contributed by atoms with Crippen LogP contribution >= 0.6 is 7.92 Å². The van der Waals surface area contributed by atoms with Gasteiger partial charge in [-0.25, -0.2) is 0 Å². The quantitative estimate of drug-likeness (QED) is 0.250. The van der Waals surface area contributed by atoms with E-state index in [9.17, 15) is 5.11 Å². The van der Waals surface area contributed by atoms with Crippen molar-refractivity contribution in [2.75, 3.05) is 0 Å². The smallest absolute Gasteiger partial charge is 0.0694 e. The first-order valence-corrected chi connectivity index (χ1v) is 15.1. The number of allylic oxidation sites excluding steroid dienone is 4. The van der Waals surface area contributed by atoms with Crippen LogP contribution in [0.25, 0.3) is 27.8 Å². The van der Waals surface area contributed by atoms with Crippen LogP contribution in [-0.4, -0.2) is 15.1 Å². The van der Waals surface area contributed by atoms with E-state index in [1.807, 2.05) is 36.9 Å². The van der Waals surface area contributed by atoms with Gasteiger partial charge in [0.15, 0.2) is 0 Å². The first-order chi connectivity index (χ1) is 19.8. The first kappa shape index (κ1) is 24.8. The highest BCUT2D eigenvalue weighted by Gasteiger charge is 2.33. The van der Waals surface area contributed by atoms with E-state index in [1.54, 1.807) is 0 Å². The first-order valence-electron chi connectivity index (χ1n) is 13.8. The average Bonchev–Trinajstić information content (AvgIpc) is 3.04. The Morgan fingerprint density at radius 1 is 0.725 bits per heavy atom. The number of aromatic nitrogens is 2. The van der Waals surface area contributed by atoms with Gasteiger partial charge in [0, 0.05) is 24.8 Å². The summed E-state index contributed by atoms with van der Waals surface area (Å²) >= 11 is 0. The molecule has 0 saturated carbocycles. The van der Waals surface area contributed by atoms with E-state index in [2.05, 4.69) is 94.9 Å². The summed E-state index contributed by atoms with van der Waals surface area (Å²) in [7, 11) is -0.897. The third-order valence-electron chi connectivity index (χ3n) is 7.91. The predicted molar refractivity (Wildman–Crippen MR) is 167 cm³/mol. The summed E-state index contributed by atoms with van der Waals surface area (Å²) < 4.78 is 0. The summed E-state index contributed by atoms with van der Waals surface area (Å²) in [5.41, 5.74) is 10.8. The highest BCUT2D eigenvalue weighted by atomic mass is 31.1. The highest BCUT2D eigenvalue weighted by molar-refractivity contribution is 7.80. The van der Waals surface area contributed by atoms with Crippen molar-refractivity contribution < 1.29 is 5.11 Å². The Bertz CT molecular complexity index is 1750. The maximum atomic E-state index is 11.0. The fraction of sp³-hybridized carbons (Fsp3) is 0.111. The van der Waals surface area contributed by atoms with Crippen molar-refractivity contribution in [1.29, 1.82) is 0 Å². The second-order valence-corrected chi connectivity index (χ2v) is 12.4. The van der Waals surface area contributed by atoms with Crippen LogP contribution in [0.4, 0.5) is 0 Å². The molecule has 1 aliphatic carbocycles. The molecule has 0 saturated heterocycles. The topological polar surface area (TPSA) is 46.0 Å². The summed E-state index contributed by atoms with van der Waals surface area (Å²) in [4.78, 5) is 8.56. The van der Waals surface area contributed by atoms with Gasteiger partial charge >= 0.3 is 0 Å². The molecule has 7 rings (SSSR count). The van der Waals surface area contributed by atoms with Crippen molar-refractivity contribution in [3.8, 4) is 22.3 Å². The molecular weight excluding hydrogens is 507 g/mol. The van der Waals surface area contributed by atoms with Crippen molar-refractivity contribution in [3.63, 3.8) is 0 Å². The van der Waals surface area contributed by atoms with Gasteiger partial charge in [0.05, 0.1) is 6.61 Å². The number of benzene rings is 3. The fourth-order valence-electron chi connectivity index (χ4n) is 6.05. The van der Waals surface area contributed by atoms with Gasteiger partial charge in [-0.15, -0.1) is 0 Å². The van der Waals surface area contributed by atoms with Crippen molar-refractivity contribution in [2.45, 2.75) is 25.9 Å². The average molecular weight is 537 g/mol. The maximum absolute atomic E-state index is 11.0. The molecule has 1 atom stereocenters. The number of hydrogen-bond acceptors (Lipinski definition) is 3. The summed E-state index contributed by atoms with van der Waals surface area (Å²) in [6, 6.07) is 28.4. The molecule has 4 heteroatoms. The molecule has 2 aliphatic rings. The summed E-state index contributed by atoms with van der Waals surface area (Å²) in [5, 5.41) is 14.9. The van der Waals surface area contributed by atoms with Gasteiger partial charge < -0.3 is 5.11 Å². The lowest BCUT2D eigenvalue weighted by Crippen LogP contribution is -2.33. The van der Waals surface area contributed by atoms with Crippen molar-refractivity contribution >= 4 is 29.4 Å². The van der Waals surface area contributed by atoms with Gasteiger partial charge in [-0.2, -0.15) is 0 Å². The zero-order chi connectivity index (χ0) is 26.9. The molecule has 0 spiro atoms. The summed E-state index contributed by atoms with van der Waals surface area (Å²) in [5.74, 6) is 0. The Morgan fingerprint density at radius 2 is 1.45 bits per heavy atom. The second-order valence-electron chi connectivity index (χ2n) is 10.2. The zero-order valence-electron chi connectivity index (χ0n) is 22.2. The molecular formula is C36H29N2OP. The van der Waals surface area contributed by atoms with Crippen LogP contribution in [0.3, 0.4) is 0 Å². The van der Waals surface area contributed by atoms with Crippen LogP contribution in [-0.2, 0) is 13.0 Å². The second kappa shape index (κ2) is 10.8. The normalized spacial score (nSPS) is 15.7. The number of aliphatic hydroxyl groups excluding tert-OH is 1. The van der Waals surface area contributed by atoms with Crippen molar-refractivity contribution in [1.82, 2.24) is 9.97 Å². The van der Waals surface area contributed by atoms with E-state index in [-0.39, 0.29) is 6.61 Å². The highest BCUT2D eigenvalue weighted by Crippen LogP contribution is 2.46. The number of aliphatic hydroxyl groups is 1. The summed E-state index contributed by atoms with van der Waals surface area (Å²) in [6.45, 7) is -0.0205. The predicted octanol–water partition coefficient (Wildman–Crippen LogP) is 6.70. The molecule has 2 aromatic heterocycles. The zero-order valence-corrected chi connectivity index (χ0v) is 23.1. The Morgan fingerprint density at radius 3 is 2.12 bits per heavy atom. The van der Waals surface area contributed by atoms with Crippen LogP contribution < -0.4 is 15.9 Å². The minimum atomic E-state index is -0.897. The van der Waals surface area contributed by atoms with E-state index in [1.165, 1.54) is 43.7 Å². The molecule has 0 amide bonds. The van der Waals surface area contributed by atoms with Crippen molar-refractivity contribution in [2.24, 2.45) is 0 Å².